The molecule has 0 saturated carbocycles. The van der Waals surface area contributed by atoms with E-state index < -0.39 is 5.76 Å². The van der Waals surface area contributed by atoms with Gasteiger partial charge in [0, 0.05) is 18.3 Å². The van der Waals surface area contributed by atoms with Crippen LogP contribution in [0.2, 0.25) is 0 Å². The quantitative estimate of drug-likeness (QED) is 0.669. The Kier molecular flexibility index (Phi) is 3.25. The first-order valence-electron chi connectivity index (χ1n) is 6.25. The molecule has 21 heavy (non-hydrogen) atoms. The van der Waals surface area contributed by atoms with Crippen LogP contribution in [0.5, 0.6) is 0 Å². The number of aromatic amines is 1. The van der Waals surface area contributed by atoms with Gasteiger partial charge < -0.3 is 15.5 Å². The zero-order valence-corrected chi connectivity index (χ0v) is 10.9. The summed E-state index contributed by atoms with van der Waals surface area (Å²) in [5, 5.41) is 2.71. The molecule has 0 fully saturated rings. The molecule has 1 aromatic carbocycles. The number of amides is 1. The van der Waals surface area contributed by atoms with Crippen molar-refractivity contribution in [1.29, 1.82) is 0 Å². The molecule has 0 saturated heterocycles. The van der Waals surface area contributed by atoms with Gasteiger partial charge in [0.25, 0.3) is 5.91 Å². The zero-order valence-electron chi connectivity index (χ0n) is 10.9. The number of para-hydroxylation sites is 1. The molecule has 0 aliphatic carbocycles. The molecule has 0 spiro atoms. The third kappa shape index (κ3) is 2.54. The Morgan fingerprint density at radius 2 is 2.24 bits per heavy atom. The first-order chi connectivity index (χ1) is 10.2. The van der Waals surface area contributed by atoms with Crippen LogP contribution in [0.4, 0.5) is 5.69 Å². The van der Waals surface area contributed by atoms with Gasteiger partial charge in [-0.2, -0.15) is 0 Å². The molecule has 2 heterocycles. The van der Waals surface area contributed by atoms with Gasteiger partial charge in [0.15, 0.2) is 5.58 Å². The number of aromatic nitrogens is 2. The predicted molar refractivity (Wildman–Crippen MR) is 76.9 cm³/mol. The number of nitrogens with one attached hydrogen (secondary N) is 2. The maximum Gasteiger partial charge on any atom is 0.417 e. The monoisotopic (exact) mass is 284 g/mol. The molecule has 0 unspecified atom stereocenters. The SMILES string of the molecule is NCc1cc(C(=O)Nc2cccc3[nH]c(=O)oc23)ccn1. The van der Waals surface area contributed by atoms with Crippen molar-refractivity contribution in [2.45, 2.75) is 6.54 Å². The van der Waals surface area contributed by atoms with E-state index in [4.69, 9.17) is 10.2 Å². The van der Waals surface area contributed by atoms with Crippen LogP contribution in [0.25, 0.3) is 11.1 Å². The molecule has 7 heteroatoms. The van der Waals surface area contributed by atoms with Gasteiger partial charge in [-0.05, 0) is 24.3 Å². The average Bonchev–Trinajstić information content (AvgIpc) is 2.88. The van der Waals surface area contributed by atoms with Crippen LogP contribution < -0.4 is 16.8 Å². The molecule has 0 aliphatic heterocycles. The van der Waals surface area contributed by atoms with Gasteiger partial charge in [-0.3, -0.25) is 14.8 Å². The highest BCUT2D eigenvalue weighted by molar-refractivity contribution is 6.07. The maximum atomic E-state index is 12.2. The number of nitrogens with zero attached hydrogens (tertiary/aromatic N) is 1. The van der Waals surface area contributed by atoms with Crippen molar-refractivity contribution in [3.05, 3.63) is 58.3 Å². The van der Waals surface area contributed by atoms with Crippen LogP contribution in [0.15, 0.2) is 45.7 Å². The second kappa shape index (κ2) is 5.22. The molecule has 3 rings (SSSR count). The number of pyridine rings is 1. The van der Waals surface area contributed by atoms with Gasteiger partial charge in [0.05, 0.1) is 16.9 Å². The van der Waals surface area contributed by atoms with E-state index in [1.165, 1.54) is 6.20 Å². The lowest BCUT2D eigenvalue weighted by Crippen LogP contribution is -2.13. The molecule has 0 bridgehead atoms. The summed E-state index contributed by atoms with van der Waals surface area (Å²) in [6, 6.07) is 8.25. The second-order valence-electron chi connectivity index (χ2n) is 4.39. The highest BCUT2D eigenvalue weighted by Gasteiger charge is 2.12. The summed E-state index contributed by atoms with van der Waals surface area (Å²) < 4.78 is 5.02. The van der Waals surface area contributed by atoms with Gasteiger partial charge >= 0.3 is 5.76 Å². The molecule has 3 aromatic rings. The van der Waals surface area contributed by atoms with E-state index in [9.17, 15) is 9.59 Å². The van der Waals surface area contributed by atoms with Crippen LogP contribution in [0, 0.1) is 0 Å². The summed E-state index contributed by atoms with van der Waals surface area (Å²) in [5.74, 6) is -0.899. The van der Waals surface area contributed by atoms with Crippen molar-refractivity contribution in [3.63, 3.8) is 0 Å². The number of rotatable bonds is 3. The maximum absolute atomic E-state index is 12.2. The van der Waals surface area contributed by atoms with Gasteiger partial charge in [0.1, 0.15) is 0 Å². The van der Waals surface area contributed by atoms with Crippen molar-refractivity contribution < 1.29 is 9.21 Å². The third-order valence-electron chi connectivity index (χ3n) is 2.98. The smallest absolute Gasteiger partial charge is 0.406 e. The number of H-pyrrole nitrogens is 1. The van der Waals surface area contributed by atoms with Gasteiger partial charge in [0.2, 0.25) is 0 Å². The summed E-state index contributed by atoms with van der Waals surface area (Å²) in [7, 11) is 0. The number of nitrogens with two attached hydrogens (primary N) is 1. The van der Waals surface area contributed by atoms with Gasteiger partial charge in [-0.25, -0.2) is 4.79 Å². The minimum atomic E-state index is -0.568. The number of oxazole rings is 1. The first kappa shape index (κ1) is 13.1. The fourth-order valence-corrected chi connectivity index (χ4v) is 2.00. The van der Waals surface area contributed by atoms with Crippen molar-refractivity contribution in [3.8, 4) is 0 Å². The Bertz CT molecular complexity index is 866. The molecule has 106 valence electrons. The number of fused-ring (bicyclic) bond motifs is 1. The van der Waals surface area contributed by atoms with E-state index in [0.717, 1.165) is 0 Å². The molecule has 2 aromatic heterocycles. The van der Waals surface area contributed by atoms with E-state index in [1.54, 1.807) is 30.3 Å². The summed E-state index contributed by atoms with van der Waals surface area (Å²) in [6.45, 7) is 0.253. The fraction of sp³-hybridized carbons (Fsp3) is 0.0714. The van der Waals surface area contributed by atoms with Gasteiger partial charge in [-0.15, -0.1) is 0 Å². The molecule has 0 atom stereocenters. The largest absolute Gasteiger partial charge is 0.417 e. The van der Waals surface area contributed by atoms with E-state index in [2.05, 4.69) is 15.3 Å². The molecular weight excluding hydrogens is 272 g/mol. The van der Waals surface area contributed by atoms with Crippen molar-refractivity contribution >= 4 is 22.7 Å². The predicted octanol–water partition coefficient (Wildman–Crippen LogP) is 1.23. The number of hydrogen-bond acceptors (Lipinski definition) is 5. The van der Waals surface area contributed by atoms with Crippen LogP contribution in [-0.2, 0) is 6.54 Å². The lowest BCUT2D eigenvalue weighted by molar-refractivity contribution is 0.102. The third-order valence-corrected chi connectivity index (χ3v) is 2.98. The summed E-state index contributed by atoms with van der Waals surface area (Å²) in [4.78, 5) is 30.0. The number of hydrogen-bond donors (Lipinski definition) is 3. The zero-order chi connectivity index (χ0) is 14.8. The highest BCUT2D eigenvalue weighted by atomic mass is 16.4. The Morgan fingerprint density at radius 1 is 1.38 bits per heavy atom. The standard InChI is InChI=1S/C14H12N4O3/c15-7-9-6-8(4-5-16-9)13(19)17-10-2-1-3-11-12(10)21-14(20)18-11/h1-6H,7,15H2,(H,17,19)(H,18,20). The molecule has 0 radical (unpaired) electrons. The topological polar surface area (TPSA) is 114 Å². The lowest BCUT2D eigenvalue weighted by Gasteiger charge is -2.06. The van der Waals surface area contributed by atoms with Crippen molar-refractivity contribution in [1.82, 2.24) is 9.97 Å². The molecule has 7 nitrogen and oxygen atoms in total. The normalized spacial score (nSPS) is 10.7. The molecule has 0 aliphatic rings. The summed E-state index contributed by atoms with van der Waals surface area (Å²) in [6.07, 6.45) is 1.52. The van der Waals surface area contributed by atoms with E-state index in [0.29, 0.717) is 28.0 Å². The number of carbonyl (C=O) groups is 1. The lowest BCUT2D eigenvalue weighted by atomic mass is 10.2. The van der Waals surface area contributed by atoms with E-state index in [1.807, 2.05) is 0 Å². The van der Waals surface area contributed by atoms with E-state index >= 15 is 0 Å². The molecular formula is C14H12N4O3. The van der Waals surface area contributed by atoms with E-state index in [-0.39, 0.29) is 12.5 Å². The van der Waals surface area contributed by atoms with Crippen LogP contribution in [0.1, 0.15) is 16.1 Å². The Balaban J connectivity index is 1.94. The second-order valence-corrected chi connectivity index (χ2v) is 4.39. The fourth-order valence-electron chi connectivity index (χ4n) is 2.00. The van der Waals surface area contributed by atoms with Gasteiger partial charge in [-0.1, -0.05) is 6.07 Å². The van der Waals surface area contributed by atoms with Crippen LogP contribution in [0.3, 0.4) is 0 Å². The summed E-state index contributed by atoms with van der Waals surface area (Å²) in [5.41, 5.74) is 7.80. The van der Waals surface area contributed by atoms with Crippen molar-refractivity contribution in [2.24, 2.45) is 5.73 Å². The van der Waals surface area contributed by atoms with Crippen LogP contribution in [-0.4, -0.2) is 15.9 Å². The summed E-state index contributed by atoms with van der Waals surface area (Å²) >= 11 is 0. The molecule has 4 N–H and O–H groups in total. The minimum absolute atomic E-state index is 0.253. The first-order valence-corrected chi connectivity index (χ1v) is 6.25. The average molecular weight is 284 g/mol. The number of benzene rings is 1. The Labute approximate surface area is 118 Å². The Hall–Kier alpha value is -2.93. The number of carbonyl (C=O) groups excluding carboxylic acids is 1. The Morgan fingerprint density at radius 3 is 3.05 bits per heavy atom. The molecule has 1 amide bonds. The number of anilines is 1. The van der Waals surface area contributed by atoms with Crippen molar-refractivity contribution in [2.75, 3.05) is 5.32 Å². The highest BCUT2D eigenvalue weighted by Crippen LogP contribution is 2.21. The van der Waals surface area contributed by atoms with Crippen LogP contribution >= 0.6 is 0 Å². The minimum Gasteiger partial charge on any atom is -0.406 e.